The maximum Gasteiger partial charge on any atom is 0.178 e. The van der Waals surface area contributed by atoms with Crippen LogP contribution in [0.25, 0.3) is 0 Å². The maximum absolute atomic E-state index is 6.11. The highest BCUT2D eigenvalue weighted by atomic mass is 35.5. The number of ether oxygens (including phenoxy) is 4. The van der Waals surface area contributed by atoms with Gasteiger partial charge >= 0.3 is 0 Å². The molecule has 3 aliphatic rings. The second-order valence-electron chi connectivity index (χ2n) is 6.25. The highest BCUT2D eigenvalue weighted by molar-refractivity contribution is 6.18. The van der Waals surface area contributed by atoms with E-state index in [4.69, 9.17) is 30.5 Å². The van der Waals surface area contributed by atoms with E-state index < -0.39 is 11.6 Å². The minimum Gasteiger partial charge on any atom is -0.347 e. The number of rotatable bonds is 4. The number of hydrogen-bond acceptors (Lipinski definition) is 4. The molecule has 120 valence electrons. The van der Waals surface area contributed by atoms with E-state index in [1.807, 2.05) is 6.08 Å². The van der Waals surface area contributed by atoms with E-state index in [0.29, 0.717) is 32.3 Å². The van der Waals surface area contributed by atoms with Crippen LogP contribution in [0, 0.1) is 5.41 Å². The lowest BCUT2D eigenvalue weighted by atomic mass is 9.63. The van der Waals surface area contributed by atoms with Gasteiger partial charge < -0.3 is 18.9 Å². The Kier molecular flexibility index (Phi) is 4.63. The average molecular weight is 317 g/mol. The van der Waals surface area contributed by atoms with Gasteiger partial charge in [-0.25, -0.2) is 0 Å². The van der Waals surface area contributed by atoms with Crippen molar-refractivity contribution in [3.63, 3.8) is 0 Å². The van der Waals surface area contributed by atoms with Crippen LogP contribution in [-0.4, -0.2) is 43.9 Å². The largest absolute Gasteiger partial charge is 0.347 e. The van der Waals surface area contributed by atoms with Gasteiger partial charge in [-0.05, 0) is 26.2 Å². The summed E-state index contributed by atoms with van der Waals surface area (Å²) in [5.41, 5.74) is -0.304. The fourth-order valence-corrected chi connectivity index (χ4v) is 4.29. The fraction of sp³-hybridized carbons (Fsp3) is 0.875. The Bertz CT molecular complexity index is 360. The number of allylic oxidation sites excluding steroid dienone is 2. The van der Waals surface area contributed by atoms with E-state index in [1.54, 1.807) is 0 Å². The van der Waals surface area contributed by atoms with Crippen LogP contribution in [0.5, 0.6) is 0 Å². The van der Waals surface area contributed by atoms with Crippen LogP contribution in [-0.2, 0) is 18.9 Å². The minimum absolute atomic E-state index is 0.304. The summed E-state index contributed by atoms with van der Waals surface area (Å²) in [6, 6.07) is 0. The van der Waals surface area contributed by atoms with E-state index in [9.17, 15) is 0 Å². The van der Waals surface area contributed by atoms with Gasteiger partial charge in [0.15, 0.2) is 11.6 Å². The molecule has 21 heavy (non-hydrogen) atoms. The molecule has 2 aliphatic heterocycles. The maximum atomic E-state index is 6.11. The highest BCUT2D eigenvalue weighted by Crippen LogP contribution is 2.59. The molecule has 3 fully saturated rings. The highest BCUT2D eigenvalue weighted by Gasteiger charge is 2.67. The average Bonchev–Trinajstić information content (AvgIpc) is 3.13. The zero-order chi connectivity index (χ0) is 14.8. The zero-order valence-electron chi connectivity index (χ0n) is 12.7. The smallest absolute Gasteiger partial charge is 0.178 e. The van der Waals surface area contributed by atoms with E-state index in [2.05, 4.69) is 13.0 Å². The van der Waals surface area contributed by atoms with Gasteiger partial charge in [0.05, 0.1) is 31.8 Å². The van der Waals surface area contributed by atoms with Crippen LogP contribution in [0.15, 0.2) is 12.2 Å². The third-order valence-corrected chi connectivity index (χ3v) is 5.45. The van der Waals surface area contributed by atoms with Crippen molar-refractivity contribution < 1.29 is 18.9 Å². The van der Waals surface area contributed by atoms with Crippen molar-refractivity contribution in [2.75, 3.05) is 32.3 Å². The molecule has 0 bridgehead atoms. The van der Waals surface area contributed by atoms with Crippen molar-refractivity contribution in [1.29, 1.82) is 0 Å². The van der Waals surface area contributed by atoms with Crippen LogP contribution >= 0.6 is 11.6 Å². The molecule has 1 saturated carbocycles. The number of alkyl halides is 1. The summed E-state index contributed by atoms with van der Waals surface area (Å²) in [6.07, 6.45) is 8.77. The van der Waals surface area contributed by atoms with Crippen LogP contribution < -0.4 is 0 Å². The summed E-state index contributed by atoms with van der Waals surface area (Å²) in [5.74, 6) is -0.582. The predicted octanol–water partition coefficient (Wildman–Crippen LogP) is 3.24. The van der Waals surface area contributed by atoms with Crippen molar-refractivity contribution in [2.45, 2.75) is 50.6 Å². The van der Waals surface area contributed by atoms with Crippen LogP contribution in [0.4, 0.5) is 0 Å². The van der Waals surface area contributed by atoms with Gasteiger partial charge in [-0.3, -0.25) is 0 Å². The Hall–Kier alpha value is -0.130. The molecule has 2 heterocycles. The molecule has 0 amide bonds. The molecule has 2 spiro atoms. The summed E-state index contributed by atoms with van der Waals surface area (Å²) < 4.78 is 24.4. The first kappa shape index (κ1) is 15.8. The first-order chi connectivity index (χ1) is 10.2. The molecular formula is C16H25ClO4. The van der Waals surface area contributed by atoms with E-state index in [1.165, 1.54) is 0 Å². The lowest BCUT2D eigenvalue weighted by Gasteiger charge is -2.56. The Morgan fingerprint density at radius 2 is 1.43 bits per heavy atom. The molecule has 4 nitrogen and oxygen atoms in total. The lowest BCUT2D eigenvalue weighted by molar-refractivity contribution is -0.363. The van der Waals surface area contributed by atoms with Crippen molar-refractivity contribution in [1.82, 2.24) is 0 Å². The van der Waals surface area contributed by atoms with Crippen LogP contribution in [0.1, 0.15) is 39.0 Å². The molecule has 0 radical (unpaired) electrons. The van der Waals surface area contributed by atoms with Gasteiger partial charge in [-0.2, -0.15) is 0 Å². The summed E-state index contributed by atoms with van der Waals surface area (Å²) in [4.78, 5) is 0. The summed E-state index contributed by atoms with van der Waals surface area (Å²) in [6.45, 7) is 4.83. The number of hydrogen-bond donors (Lipinski definition) is 0. The molecular weight excluding hydrogens is 292 g/mol. The first-order valence-corrected chi connectivity index (χ1v) is 8.48. The molecule has 0 aromatic heterocycles. The van der Waals surface area contributed by atoms with E-state index in [-0.39, 0.29) is 5.41 Å². The van der Waals surface area contributed by atoms with Crippen LogP contribution in [0.2, 0.25) is 0 Å². The molecule has 0 aromatic carbocycles. The zero-order valence-corrected chi connectivity index (χ0v) is 13.5. The molecule has 0 N–H and O–H groups in total. The summed E-state index contributed by atoms with van der Waals surface area (Å²) in [7, 11) is 0. The molecule has 0 atom stereocenters. The Morgan fingerprint density at radius 1 is 0.905 bits per heavy atom. The second kappa shape index (κ2) is 6.17. The molecule has 1 aliphatic carbocycles. The van der Waals surface area contributed by atoms with Gasteiger partial charge in [0.1, 0.15) is 0 Å². The fourth-order valence-electron chi connectivity index (χ4n) is 4.16. The standard InChI is InChI=1S/C16H25ClO4/c1-14(6-3-2-4-9-17)15(18-10-11-19-15)7-5-8-16(14)20-12-13-21-16/h2,4H,3,5-13H2,1H3/b4-2+. The van der Waals surface area contributed by atoms with Crippen molar-refractivity contribution >= 4 is 11.6 Å². The lowest BCUT2D eigenvalue weighted by Crippen LogP contribution is -2.64. The quantitative estimate of drug-likeness (QED) is 0.589. The van der Waals surface area contributed by atoms with Crippen molar-refractivity contribution in [2.24, 2.45) is 5.41 Å². The second-order valence-corrected chi connectivity index (χ2v) is 6.56. The van der Waals surface area contributed by atoms with Gasteiger partial charge in [-0.15, -0.1) is 11.6 Å². The van der Waals surface area contributed by atoms with E-state index >= 15 is 0 Å². The number of halogens is 1. The van der Waals surface area contributed by atoms with E-state index in [0.717, 1.165) is 32.1 Å². The Morgan fingerprint density at radius 3 is 1.90 bits per heavy atom. The minimum atomic E-state index is -0.565. The molecule has 0 unspecified atom stereocenters. The van der Waals surface area contributed by atoms with Gasteiger partial charge in [0.25, 0.3) is 0 Å². The van der Waals surface area contributed by atoms with Crippen LogP contribution in [0.3, 0.4) is 0 Å². The summed E-state index contributed by atoms with van der Waals surface area (Å²) >= 11 is 5.71. The molecule has 5 heteroatoms. The predicted molar refractivity (Wildman–Crippen MR) is 80.3 cm³/mol. The summed E-state index contributed by atoms with van der Waals surface area (Å²) in [5, 5.41) is 0. The first-order valence-electron chi connectivity index (χ1n) is 7.95. The molecule has 3 rings (SSSR count). The van der Waals surface area contributed by atoms with Crippen molar-refractivity contribution in [3.05, 3.63) is 12.2 Å². The Labute approximate surface area is 131 Å². The normalized spacial score (nSPS) is 29.8. The van der Waals surface area contributed by atoms with Gasteiger partial charge in [0, 0.05) is 18.7 Å². The third kappa shape index (κ3) is 2.45. The monoisotopic (exact) mass is 316 g/mol. The SMILES string of the molecule is CC1(CC/C=C/CCl)C2(CCCC13OCCO3)OCCO2. The topological polar surface area (TPSA) is 36.9 Å². The van der Waals surface area contributed by atoms with Gasteiger partial charge in [-0.1, -0.05) is 12.2 Å². The van der Waals surface area contributed by atoms with Gasteiger partial charge in [0.2, 0.25) is 0 Å². The Balaban J connectivity index is 1.87. The molecule has 0 aromatic rings. The third-order valence-electron chi connectivity index (χ3n) is 5.27. The molecule has 2 saturated heterocycles. The van der Waals surface area contributed by atoms with Crippen molar-refractivity contribution in [3.8, 4) is 0 Å².